The van der Waals surface area contributed by atoms with Gasteiger partial charge in [-0.2, -0.15) is 0 Å². The first kappa shape index (κ1) is 14.0. The monoisotopic (exact) mass is 304 g/mol. The van der Waals surface area contributed by atoms with Crippen molar-refractivity contribution in [3.05, 3.63) is 33.3 Å². The third kappa shape index (κ3) is 4.06. The molecule has 4 heteroatoms. The fourth-order valence-corrected chi connectivity index (χ4v) is 2.01. The van der Waals surface area contributed by atoms with Crippen LogP contribution in [0.15, 0.2) is 22.7 Å². The van der Waals surface area contributed by atoms with Crippen molar-refractivity contribution in [1.29, 1.82) is 0 Å². The summed E-state index contributed by atoms with van der Waals surface area (Å²) in [4.78, 5) is 0. The van der Waals surface area contributed by atoms with E-state index in [2.05, 4.69) is 35.2 Å². The maximum absolute atomic E-state index is 6.06. The Hall–Kier alpha value is -0.0900. The van der Waals surface area contributed by atoms with E-state index in [1.54, 1.807) is 0 Å². The summed E-state index contributed by atoms with van der Waals surface area (Å²) < 4.78 is 0.914. The molecule has 0 aliphatic heterocycles. The molecule has 3 N–H and O–H groups in total. The summed E-state index contributed by atoms with van der Waals surface area (Å²) in [6, 6.07) is 6.13. The van der Waals surface area contributed by atoms with Crippen LogP contribution in [0.2, 0.25) is 5.02 Å². The maximum atomic E-state index is 6.06. The van der Waals surface area contributed by atoms with Gasteiger partial charge in [0.15, 0.2) is 0 Å². The van der Waals surface area contributed by atoms with Crippen molar-refractivity contribution < 1.29 is 0 Å². The van der Waals surface area contributed by atoms with Crippen LogP contribution in [-0.4, -0.2) is 0 Å². The topological polar surface area (TPSA) is 38.0 Å². The molecule has 1 aromatic rings. The van der Waals surface area contributed by atoms with Crippen molar-refractivity contribution in [2.24, 2.45) is 11.8 Å². The Morgan fingerprint density at radius 2 is 2.06 bits per heavy atom. The van der Waals surface area contributed by atoms with Gasteiger partial charge in [-0.3, -0.25) is 11.3 Å². The van der Waals surface area contributed by atoms with Crippen LogP contribution in [0.3, 0.4) is 0 Å². The molecule has 0 saturated carbocycles. The smallest absolute Gasteiger partial charge is 0.0551 e. The number of benzene rings is 1. The number of nitrogens with two attached hydrogens (primary N) is 1. The highest BCUT2D eigenvalue weighted by Gasteiger charge is 2.11. The zero-order valence-electron chi connectivity index (χ0n) is 9.63. The third-order valence-corrected chi connectivity index (χ3v) is 3.81. The summed E-state index contributed by atoms with van der Waals surface area (Å²) in [6.45, 7) is 4.42. The fourth-order valence-electron chi connectivity index (χ4n) is 1.58. The van der Waals surface area contributed by atoms with E-state index < -0.39 is 0 Å². The van der Waals surface area contributed by atoms with E-state index in [0.29, 0.717) is 5.92 Å². The summed E-state index contributed by atoms with van der Waals surface area (Å²) in [7, 11) is 0. The minimum atomic E-state index is 0.174. The van der Waals surface area contributed by atoms with Crippen LogP contribution in [0.5, 0.6) is 0 Å². The first-order valence-corrected chi connectivity index (χ1v) is 6.62. The minimum Gasteiger partial charge on any atom is -0.271 e. The molecule has 0 aliphatic rings. The zero-order valence-corrected chi connectivity index (χ0v) is 12.0. The highest BCUT2D eigenvalue weighted by molar-refractivity contribution is 9.10. The van der Waals surface area contributed by atoms with E-state index in [0.717, 1.165) is 27.9 Å². The van der Waals surface area contributed by atoms with Gasteiger partial charge in [0.2, 0.25) is 0 Å². The normalized spacial score (nSPS) is 13.1. The number of hydrogen-bond acceptors (Lipinski definition) is 2. The van der Waals surface area contributed by atoms with E-state index in [-0.39, 0.29) is 6.04 Å². The first-order chi connectivity index (χ1) is 7.54. The molecule has 1 unspecified atom stereocenters. The van der Waals surface area contributed by atoms with Gasteiger partial charge < -0.3 is 0 Å². The molecule has 2 nitrogen and oxygen atoms in total. The quantitative estimate of drug-likeness (QED) is 0.636. The number of halogens is 2. The Morgan fingerprint density at radius 3 is 2.56 bits per heavy atom. The van der Waals surface area contributed by atoms with Gasteiger partial charge in [-0.05, 0) is 52.4 Å². The molecule has 0 aromatic heterocycles. The van der Waals surface area contributed by atoms with Crippen molar-refractivity contribution in [3.63, 3.8) is 0 Å². The van der Waals surface area contributed by atoms with Crippen LogP contribution < -0.4 is 11.3 Å². The number of hydrazine groups is 1. The summed E-state index contributed by atoms with van der Waals surface area (Å²) in [5.74, 6) is 6.26. The molecule has 16 heavy (non-hydrogen) atoms. The maximum Gasteiger partial charge on any atom is 0.0551 e. The van der Waals surface area contributed by atoms with Gasteiger partial charge >= 0.3 is 0 Å². The van der Waals surface area contributed by atoms with Gasteiger partial charge in [-0.15, -0.1) is 0 Å². The Kier molecular flexibility index (Phi) is 5.76. The van der Waals surface area contributed by atoms with Gasteiger partial charge in [0.25, 0.3) is 0 Å². The summed E-state index contributed by atoms with van der Waals surface area (Å²) >= 11 is 9.44. The Bertz CT molecular complexity index is 342. The van der Waals surface area contributed by atoms with Crippen molar-refractivity contribution in [2.75, 3.05) is 0 Å². The average molecular weight is 306 g/mol. The van der Waals surface area contributed by atoms with Crippen LogP contribution in [0.1, 0.15) is 38.3 Å². The first-order valence-electron chi connectivity index (χ1n) is 5.45. The molecule has 90 valence electrons. The lowest BCUT2D eigenvalue weighted by Gasteiger charge is -2.18. The van der Waals surface area contributed by atoms with Gasteiger partial charge in [0.05, 0.1) is 5.02 Å². The highest BCUT2D eigenvalue weighted by Crippen LogP contribution is 2.28. The molecule has 0 amide bonds. The highest BCUT2D eigenvalue weighted by atomic mass is 79.9. The summed E-state index contributed by atoms with van der Waals surface area (Å²) in [5.41, 5.74) is 3.98. The lowest BCUT2D eigenvalue weighted by molar-refractivity contribution is 0.448. The zero-order chi connectivity index (χ0) is 12.1. The van der Waals surface area contributed by atoms with E-state index >= 15 is 0 Å². The largest absolute Gasteiger partial charge is 0.271 e. The minimum absolute atomic E-state index is 0.174. The molecule has 1 aromatic carbocycles. The Balaban J connectivity index is 2.74. The lowest BCUT2D eigenvalue weighted by atomic mass is 9.98. The van der Waals surface area contributed by atoms with Gasteiger partial charge in [0.1, 0.15) is 0 Å². The predicted molar refractivity (Wildman–Crippen MR) is 73.3 cm³/mol. The Morgan fingerprint density at radius 1 is 1.38 bits per heavy atom. The second-order valence-electron chi connectivity index (χ2n) is 4.36. The van der Waals surface area contributed by atoms with E-state index in [4.69, 9.17) is 17.4 Å². The van der Waals surface area contributed by atoms with Crippen molar-refractivity contribution in [2.45, 2.75) is 32.7 Å². The molecule has 0 bridgehead atoms. The number of rotatable bonds is 5. The lowest BCUT2D eigenvalue weighted by Crippen LogP contribution is -2.28. The van der Waals surface area contributed by atoms with Crippen LogP contribution in [0.25, 0.3) is 0 Å². The third-order valence-electron chi connectivity index (χ3n) is 2.58. The van der Waals surface area contributed by atoms with Gasteiger partial charge in [-0.25, -0.2) is 0 Å². The van der Waals surface area contributed by atoms with Crippen molar-refractivity contribution >= 4 is 27.5 Å². The van der Waals surface area contributed by atoms with Gasteiger partial charge in [0, 0.05) is 10.5 Å². The van der Waals surface area contributed by atoms with E-state index in [9.17, 15) is 0 Å². The SMILES string of the molecule is CC(C)CCC(NN)c1ccc(Br)c(Cl)c1. The number of nitrogens with one attached hydrogen (secondary N) is 1. The molecular weight excluding hydrogens is 288 g/mol. The summed E-state index contributed by atoms with van der Waals surface area (Å²) in [6.07, 6.45) is 2.16. The second-order valence-corrected chi connectivity index (χ2v) is 5.63. The molecule has 0 radical (unpaired) electrons. The number of hydrogen-bond donors (Lipinski definition) is 2. The molecule has 1 rings (SSSR count). The van der Waals surface area contributed by atoms with Crippen LogP contribution in [0.4, 0.5) is 0 Å². The van der Waals surface area contributed by atoms with Crippen LogP contribution in [0, 0.1) is 5.92 Å². The second kappa shape index (κ2) is 6.60. The van der Waals surface area contributed by atoms with Crippen molar-refractivity contribution in [1.82, 2.24) is 5.43 Å². The molecule has 0 spiro atoms. The van der Waals surface area contributed by atoms with Crippen LogP contribution in [-0.2, 0) is 0 Å². The molecule has 1 atom stereocenters. The van der Waals surface area contributed by atoms with E-state index in [1.165, 1.54) is 0 Å². The average Bonchev–Trinajstić information content (AvgIpc) is 2.23. The predicted octanol–water partition coefficient (Wildman–Crippen LogP) is 4.04. The Labute approximate surface area is 111 Å². The molecule has 0 aliphatic carbocycles. The standard InChI is InChI=1S/C12H18BrClN2/c1-8(2)3-6-12(16-15)9-4-5-10(13)11(14)7-9/h4-5,7-8,12,16H,3,6,15H2,1-2H3. The fraction of sp³-hybridized carbons (Fsp3) is 0.500. The van der Waals surface area contributed by atoms with E-state index in [1.807, 2.05) is 18.2 Å². The molecule has 0 fully saturated rings. The van der Waals surface area contributed by atoms with Crippen molar-refractivity contribution in [3.8, 4) is 0 Å². The molecule has 0 saturated heterocycles. The van der Waals surface area contributed by atoms with Gasteiger partial charge in [-0.1, -0.05) is 31.5 Å². The summed E-state index contributed by atoms with van der Waals surface area (Å²) in [5, 5.41) is 0.724. The molecule has 0 heterocycles. The molecular formula is C12H18BrClN2. The van der Waals surface area contributed by atoms with Crippen LogP contribution >= 0.6 is 27.5 Å².